The molecule has 1 unspecified atom stereocenters. The van der Waals surface area contributed by atoms with E-state index in [9.17, 15) is 9.59 Å². The van der Waals surface area contributed by atoms with Crippen molar-refractivity contribution >= 4 is 11.8 Å². The molecule has 2 N–H and O–H groups in total. The van der Waals surface area contributed by atoms with Gasteiger partial charge < -0.3 is 19.9 Å². The lowest BCUT2D eigenvalue weighted by atomic mass is 10.00. The molecule has 20 heavy (non-hydrogen) atoms. The summed E-state index contributed by atoms with van der Waals surface area (Å²) in [5.74, 6) is 0.299. The van der Waals surface area contributed by atoms with Crippen LogP contribution in [-0.2, 0) is 9.53 Å². The topological polar surface area (TPSA) is 87.9 Å². The third-order valence-corrected chi connectivity index (χ3v) is 2.90. The number of benzene rings is 1. The third kappa shape index (κ3) is 3.96. The van der Waals surface area contributed by atoms with Gasteiger partial charge in [-0.1, -0.05) is 0 Å². The van der Waals surface area contributed by atoms with E-state index in [4.69, 9.17) is 15.2 Å². The lowest BCUT2D eigenvalue weighted by Crippen LogP contribution is -2.31. The first-order valence-electron chi connectivity index (χ1n) is 6.12. The standard InChI is InChI=1S/C14H19NO5/c1-18-9-4-5-10(12(8-9)19-2)14(17)11(15)6-7-13(16)20-3/h4-5,8,11H,6-7,15H2,1-3H3. The first-order valence-corrected chi connectivity index (χ1v) is 6.12. The molecular formula is C14H19NO5. The van der Waals surface area contributed by atoms with Crippen LogP contribution in [0.4, 0.5) is 0 Å². The summed E-state index contributed by atoms with van der Waals surface area (Å²) in [4.78, 5) is 23.3. The van der Waals surface area contributed by atoms with E-state index in [1.807, 2.05) is 0 Å². The van der Waals surface area contributed by atoms with E-state index in [1.165, 1.54) is 21.3 Å². The Morgan fingerprint density at radius 3 is 2.45 bits per heavy atom. The first-order chi connectivity index (χ1) is 9.53. The normalized spacial score (nSPS) is 11.6. The van der Waals surface area contributed by atoms with Crippen molar-refractivity contribution in [1.82, 2.24) is 0 Å². The molecule has 0 saturated carbocycles. The second-order valence-corrected chi connectivity index (χ2v) is 4.15. The predicted octanol–water partition coefficient (Wildman–Crippen LogP) is 1.17. The van der Waals surface area contributed by atoms with Crippen LogP contribution in [0.1, 0.15) is 23.2 Å². The number of Topliss-reactive ketones (excluding diaryl/α,β-unsaturated/α-hetero) is 1. The van der Waals surface area contributed by atoms with E-state index in [-0.39, 0.29) is 18.6 Å². The summed E-state index contributed by atoms with van der Waals surface area (Å²) >= 11 is 0. The molecule has 0 aliphatic carbocycles. The molecule has 0 fully saturated rings. The highest BCUT2D eigenvalue weighted by Gasteiger charge is 2.21. The van der Waals surface area contributed by atoms with E-state index in [0.29, 0.717) is 17.1 Å². The summed E-state index contributed by atoms with van der Waals surface area (Å²) in [6, 6.07) is 4.08. The van der Waals surface area contributed by atoms with Crippen LogP contribution in [-0.4, -0.2) is 39.1 Å². The minimum absolute atomic E-state index is 0.0991. The van der Waals surface area contributed by atoms with Crippen molar-refractivity contribution in [1.29, 1.82) is 0 Å². The van der Waals surface area contributed by atoms with E-state index < -0.39 is 12.0 Å². The van der Waals surface area contributed by atoms with Crippen molar-refractivity contribution in [3.8, 4) is 11.5 Å². The number of rotatable bonds is 7. The molecule has 1 atom stereocenters. The van der Waals surface area contributed by atoms with E-state index in [2.05, 4.69) is 4.74 Å². The van der Waals surface area contributed by atoms with Crippen LogP contribution >= 0.6 is 0 Å². The van der Waals surface area contributed by atoms with Gasteiger partial charge in [-0.05, 0) is 18.6 Å². The number of hydrogen-bond donors (Lipinski definition) is 1. The van der Waals surface area contributed by atoms with Gasteiger partial charge in [0.15, 0.2) is 5.78 Å². The Morgan fingerprint density at radius 1 is 1.20 bits per heavy atom. The van der Waals surface area contributed by atoms with Crippen molar-refractivity contribution in [3.05, 3.63) is 23.8 Å². The molecule has 0 saturated heterocycles. The monoisotopic (exact) mass is 281 g/mol. The maximum absolute atomic E-state index is 12.2. The van der Waals surface area contributed by atoms with Crippen LogP contribution in [0.2, 0.25) is 0 Å². The van der Waals surface area contributed by atoms with E-state index in [0.717, 1.165) is 0 Å². The second-order valence-electron chi connectivity index (χ2n) is 4.15. The Morgan fingerprint density at radius 2 is 1.90 bits per heavy atom. The fourth-order valence-corrected chi connectivity index (χ4v) is 1.71. The molecule has 1 rings (SSSR count). The van der Waals surface area contributed by atoms with Gasteiger partial charge in [0.05, 0.1) is 32.9 Å². The van der Waals surface area contributed by atoms with E-state index in [1.54, 1.807) is 18.2 Å². The highest BCUT2D eigenvalue weighted by Crippen LogP contribution is 2.25. The van der Waals surface area contributed by atoms with Crippen LogP contribution in [0.25, 0.3) is 0 Å². The molecule has 0 aliphatic heterocycles. The number of ether oxygens (including phenoxy) is 3. The number of esters is 1. The van der Waals surface area contributed by atoms with Crippen LogP contribution in [0.5, 0.6) is 11.5 Å². The second kappa shape index (κ2) is 7.49. The van der Waals surface area contributed by atoms with Crippen molar-refractivity contribution in [2.24, 2.45) is 5.73 Å². The molecule has 0 aliphatic rings. The summed E-state index contributed by atoms with van der Waals surface area (Å²) in [5.41, 5.74) is 6.17. The van der Waals surface area contributed by atoms with Gasteiger partial charge in [-0.15, -0.1) is 0 Å². The molecule has 0 aromatic heterocycles. The number of carbonyl (C=O) groups is 2. The molecule has 1 aromatic rings. The summed E-state index contributed by atoms with van der Waals surface area (Å²) in [6.45, 7) is 0. The largest absolute Gasteiger partial charge is 0.497 e. The lowest BCUT2D eigenvalue weighted by molar-refractivity contribution is -0.140. The Hall–Kier alpha value is -2.08. The van der Waals surface area contributed by atoms with Gasteiger partial charge in [-0.2, -0.15) is 0 Å². The van der Waals surface area contributed by atoms with Crippen LogP contribution in [0.15, 0.2) is 18.2 Å². The Balaban J connectivity index is 2.83. The Bertz CT molecular complexity index is 486. The van der Waals surface area contributed by atoms with Gasteiger partial charge in [0.1, 0.15) is 11.5 Å². The molecule has 6 heteroatoms. The summed E-state index contributed by atoms with van der Waals surface area (Å²) in [5, 5.41) is 0. The maximum atomic E-state index is 12.2. The quantitative estimate of drug-likeness (QED) is 0.596. The zero-order valence-corrected chi connectivity index (χ0v) is 11.8. The highest BCUT2D eigenvalue weighted by atomic mass is 16.5. The molecule has 1 aromatic carbocycles. The van der Waals surface area contributed by atoms with Gasteiger partial charge in [0.25, 0.3) is 0 Å². The minimum Gasteiger partial charge on any atom is -0.497 e. The smallest absolute Gasteiger partial charge is 0.305 e. The molecule has 0 heterocycles. The summed E-state index contributed by atoms with van der Waals surface area (Å²) in [6.07, 6.45) is 0.322. The molecule has 0 radical (unpaired) electrons. The van der Waals surface area contributed by atoms with Crippen molar-refractivity contribution < 1.29 is 23.8 Å². The zero-order valence-electron chi connectivity index (χ0n) is 11.8. The highest BCUT2D eigenvalue weighted by molar-refractivity contribution is 6.02. The summed E-state index contributed by atoms with van der Waals surface area (Å²) in [7, 11) is 4.28. The van der Waals surface area contributed by atoms with E-state index >= 15 is 0 Å². The van der Waals surface area contributed by atoms with Gasteiger partial charge >= 0.3 is 5.97 Å². The number of carbonyl (C=O) groups excluding carboxylic acids is 2. The van der Waals surface area contributed by atoms with Gasteiger partial charge in [-0.3, -0.25) is 9.59 Å². The van der Waals surface area contributed by atoms with Crippen LogP contribution in [0, 0.1) is 0 Å². The van der Waals surface area contributed by atoms with Crippen LogP contribution in [0.3, 0.4) is 0 Å². The average Bonchev–Trinajstić information content (AvgIpc) is 2.50. The minimum atomic E-state index is -0.781. The van der Waals surface area contributed by atoms with Crippen molar-refractivity contribution in [2.75, 3.05) is 21.3 Å². The van der Waals surface area contributed by atoms with Gasteiger partial charge in [0, 0.05) is 12.5 Å². The molecular weight excluding hydrogens is 262 g/mol. The third-order valence-electron chi connectivity index (χ3n) is 2.90. The fraction of sp³-hybridized carbons (Fsp3) is 0.429. The number of nitrogens with two attached hydrogens (primary N) is 1. The Kier molecular flexibility index (Phi) is 5.99. The lowest BCUT2D eigenvalue weighted by Gasteiger charge is -2.13. The predicted molar refractivity (Wildman–Crippen MR) is 73.1 cm³/mol. The molecule has 0 bridgehead atoms. The molecule has 0 amide bonds. The summed E-state index contributed by atoms with van der Waals surface area (Å²) < 4.78 is 14.7. The number of hydrogen-bond acceptors (Lipinski definition) is 6. The number of methoxy groups -OCH3 is 3. The van der Waals surface area contributed by atoms with Gasteiger partial charge in [-0.25, -0.2) is 0 Å². The molecule has 6 nitrogen and oxygen atoms in total. The average molecular weight is 281 g/mol. The SMILES string of the molecule is COC(=O)CCC(N)C(=O)c1ccc(OC)cc1OC. The molecule has 110 valence electrons. The van der Waals surface area contributed by atoms with Gasteiger partial charge in [0.2, 0.25) is 0 Å². The first kappa shape index (κ1) is 16.0. The zero-order chi connectivity index (χ0) is 15.1. The van der Waals surface area contributed by atoms with Crippen LogP contribution < -0.4 is 15.2 Å². The fourth-order valence-electron chi connectivity index (χ4n) is 1.71. The Labute approximate surface area is 117 Å². The number of ketones is 1. The molecule has 0 spiro atoms. The van der Waals surface area contributed by atoms with Crippen molar-refractivity contribution in [2.45, 2.75) is 18.9 Å². The van der Waals surface area contributed by atoms with Crippen molar-refractivity contribution in [3.63, 3.8) is 0 Å². The maximum Gasteiger partial charge on any atom is 0.305 e.